The minimum atomic E-state index is 0.165. The Morgan fingerprint density at radius 1 is 1.03 bits per heavy atom. The zero-order valence-electron chi connectivity index (χ0n) is 20.9. The molecule has 1 heterocycles. The van der Waals surface area contributed by atoms with Crippen LogP contribution in [0.5, 0.6) is 0 Å². The first-order valence-electron chi connectivity index (χ1n) is 12.2. The molecule has 34 heavy (non-hydrogen) atoms. The number of rotatable bonds is 6. The number of nitrogens with zero attached hydrogens (tertiary/aromatic N) is 3. The fraction of sp³-hybridized carbons (Fsp3) is 0.464. The zero-order valence-corrected chi connectivity index (χ0v) is 21.6. The third-order valence-corrected chi connectivity index (χ3v) is 6.65. The minimum Gasteiger partial charge on any atom is -0.362 e. The highest BCUT2D eigenvalue weighted by Crippen LogP contribution is 2.27. The van der Waals surface area contributed by atoms with E-state index >= 15 is 0 Å². The molecule has 5 nitrogen and oxygen atoms in total. The standard InChI is InChI=1S/C17H24ClNO.C11H13N3/c1-13-2-4-15(5-3-13)12-19-17(20)11-8-14-6-9-16(18)10-7-14;1-8-12-10-7-5-4-6-9(10)11(13-8)14(2)3/h6-7,9-10,13,15H,2-5,8,11-12H2,1H3,(H,19,20);4-7H,1-3H3. The molecule has 0 spiro atoms. The van der Waals surface area contributed by atoms with E-state index in [1.165, 1.54) is 25.7 Å². The lowest BCUT2D eigenvalue weighted by Gasteiger charge is -2.26. The highest BCUT2D eigenvalue weighted by atomic mass is 35.5. The fourth-order valence-electron chi connectivity index (χ4n) is 4.30. The summed E-state index contributed by atoms with van der Waals surface area (Å²) in [6.45, 7) is 5.09. The predicted octanol–water partition coefficient (Wildman–Crippen LogP) is 6.22. The third kappa shape index (κ3) is 7.98. The van der Waals surface area contributed by atoms with Crippen molar-refractivity contribution in [3.8, 4) is 0 Å². The Morgan fingerprint density at radius 2 is 1.71 bits per heavy atom. The van der Waals surface area contributed by atoms with E-state index in [1.54, 1.807) is 0 Å². The Morgan fingerprint density at radius 3 is 2.38 bits per heavy atom. The average Bonchev–Trinajstić information content (AvgIpc) is 2.83. The van der Waals surface area contributed by atoms with Crippen molar-refractivity contribution in [2.24, 2.45) is 11.8 Å². The van der Waals surface area contributed by atoms with Crippen molar-refractivity contribution in [3.63, 3.8) is 0 Å². The Labute approximate surface area is 208 Å². The van der Waals surface area contributed by atoms with Gasteiger partial charge < -0.3 is 10.2 Å². The van der Waals surface area contributed by atoms with Gasteiger partial charge in [-0.05, 0) is 67.9 Å². The molecule has 0 radical (unpaired) electrons. The first-order chi connectivity index (χ1) is 16.3. The summed E-state index contributed by atoms with van der Waals surface area (Å²) in [7, 11) is 3.99. The van der Waals surface area contributed by atoms with E-state index in [0.717, 1.165) is 52.0 Å². The summed E-state index contributed by atoms with van der Waals surface area (Å²) >= 11 is 5.84. The number of carbonyl (C=O) groups excluding carboxylic acids is 1. The van der Waals surface area contributed by atoms with Gasteiger partial charge >= 0.3 is 0 Å². The van der Waals surface area contributed by atoms with Crippen LogP contribution in [0.1, 0.15) is 50.4 Å². The Hall–Kier alpha value is -2.66. The second-order valence-corrected chi connectivity index (χ2v) is 10.00. The number of nitrogens with one attached hydrogen (secondary N) is 1. The number of fused-ring (bicyclic) bond motifs is 1. The van der Waals surface area contributed by atoms with E-state index in [1.807, 2.05) is 74.4 Å². The second-order valence-electron chi connectivity index (χ2n) is 9.56. The van der Waals surface area contributed by atoms with Crippen molar-refractivity contribution in [2.75, 3.05) is 25.5 Å². The van der Waals surface area contributed by atoms with Crippen LogP contribution in [0.25, 0.3) is 10.9 Å². The van der Waals surface area contributed by atoms with Crippen LogP contribution in [0.3, 0.4) is 0 Å². The van der Waals surface area contributed by atoms with Gasteiger partial charge in [-0.25, -0.2) is 9.97 Å². The van der Waals surface area contributed by atoms with Gasteiger partial charge in [0.05, 0.1) is 5.52 Å². The normalized spacial score (nSPS) is 17.6. The van der Waals surface area contributed by atoms with Crippen LogP contribution in [0.4, 0.5) is 5.82 Å². The maximum atomic E-state index is 11.9. The van der Waals surface area contributed by atoms with Crippen LogP contribution >= 0.6 is 11.6 Å². The Balaban J connectivity index is 0.000000202. The van der Waals surface area contributed by atoms with Gasteiger partial charge in [0.1, 0.15) is 11.6 Å². The smallest absolute Gasteiger partial charge is 0.220 e. The highest BCUT2D eigenvalue weighted by Gasteiger charge is 2.18. The van der Waals surface area contributed by atoms with Crippen LogP contribution in [-0.4, -0.2) is 36.5 Å². The summed E-state index contributed by atoms with van der Waals surface area (Å²) in [6.07, 6.45) is 6.49. The molecular formula is C28H37ClN4O. The lowest BCUT2D eigenvalue weighted by atomic mass is 9.83. The summed E-state index contributed by atoms with van der Waals surface area (Å²) in [6, 6.07) is 15.8. The number of halogens is 1. The fourth-order valence-corrected chi connectivity index (χ4v) is 4.43. The summed E-state index contributed by atoms with van der Waals surface area (Å²) < 4.78 is 0. The molecule has 1 aliphatic carbocycles. The van der Waals surface area contributed by atoms with Crippen molar-refractivity contribution in [3.05, 3.63) is 64.9 Å². The molecule has 182 valence electrons. The topological polar surface area (TPSA) is 58.1 Å². The number of aryl methyl sites for hydroxylation is 2. The number of hydrogen-bond donors (Lipinski definition) is 1. The van der Waals surface area contributed by atoms with Crippen molar-refractivity contribution in [1.29, 1.82) is 0 Å². The largest absolute Gasteiger partial charge is 0.362 e. The van der Waals surface area contributed by atoms with Gasteiger partial charge in [0, 0.05) is 37.5 Å². The molecular weight excluding hydrogens is 444 g/mol. The molecule has 2 aromatic carbocycles. The quantitative estimate of drug-likeness (QED) is 0.455. The van der Waals surface area contributed by atoms with Gasteiger partial charge in [-0.1, -0.05) is 55.6 Å². The number of aromatic nitrogens is 2. The molecule has 1 amide bonds. The van der Waals surface area contributed by atoms with Crippen LogP contribution < -0.4 is 10.2 Å². The lowest BCUT2D eigenvalue weighted by Crippen LogP contribution is -2.31. The number of anilines is 1. The first-order valence-corrected chi connectivity index (χ1v) is 12.6. The number of amides is 1. The maximum Gasteiger partial charge on any atom is 0.220 e. The van der Waals surface area contributed by atoms with Crippen LogP contribution in [0.2, 0.25) is 5.02 Å². The Kier molecular flexibility index (Phi) is 9.70. The van der Waals surface area contributed by atoms with Gasteiger partial charge in [-0.3, -0.25) is 4.79 Å². The van der Waals surface area contributed by atoms with Gasteiger partial charge in [-0.2, -0.15) is 0 Å². The number of carbonyl (C=O) groups is 1. The van der Waals surface area contributed by atoms with E-state index in [9.17, 15) is 4.79 Å². The van der Waals surface area contributed by atoms with Crippen molar-refractivity contribution < 1.29 is 4.79 Å². The molecule has 4 rings (SSSR count). The number of hydrogen-bond acceptors (Lipinski definition) is 4. The van der Waals surface area contributed by atoms with Gasteiger partial charge in [0.15, 0.2) is 0 Å². The Bertz CT molecular complexity index is 1060. The van der Waals surface area contributed by atoms with E-state index in [0.29, 0.717) is 12.3 Å². The molecule has 6 heteroatoms. The molecule has 1 N–H and O–H groups in total. The number of benzene rings is 2. The van der Waals surface area contributed by atoms with Crippen molar-refractivity contribution >= 4 is 34.2 Å². The van der Waals surface area contributed by atoms with E-state index < -0.39 is 0 Å². The minimum absolute atomic E-state index is 0.165. The molecule has 0 aliphatic heterocycles. The molecule has 0 bridgehead atoms. The molecule has 0 saturated heterocycles. The predicted molar refractivity (Wildman–Crippen MR) is 143 cm³/mol. The summed E-state index contributed by atoms with van der Waals surface area (Å²) in [5.41, 5.74) is 2.17. The van der Waals surface area contributed by atoms with E-state index in [2.05, 4.69) is 22.2 Å². The summed E-state index contributed by atoms with van der Waals surface area (Å²) in [5, 5.41) is 4.92. The van der Waals surface area contributed by atoms with Crippen molar-refractivity contribution in [2.45, 2.75) is 52.4 Å². The molecule has 1 fully saturated rings. The summed E-state index contributed by atoms with van der Waals surface area (Å²) in [4.78, 5) is 22.7. The average molecular weight is 481 g/mol. The molecule has 1 aromatic heterocycles. The SMILES string of the molecule is CC1CCC(CNC(=O)CCc2ccc(Cl)cc2)CC1.Cc1nc(N(C)C)c2ccccc2n1. The van der Waals surface area contributed by atoms with Crippen LogP contribution in [0.15, 0.2) is 48.5 Å². The van der Waals surface area contributed by atoms with Crippen molar-refractivity contribution in [1.82, 2.24) is 15.3 Å². The van der Waals surface area contributed by atoms with Crippen LogP contribution in [-0.2, 0) is 11.2 Å². The molecule has 3 aromatic rings. The summed E-state index contributed by atoms with van der Waals surface area (Å²) in [5.74, 6) is 3.51. The maximum absolute atomic E-state index is 11.9. The molecule has 1 saturated carbocycles. The first kappa shape index (κ1) is 26.0. The van der Waals surface area contributed by atoms with E-state index in [-0.39, 0.29) is 5.91 Å². The van der Waals surface area contributed by atoms with Gasteiger partial charge in [0.2, 0.25) is 5.91 Å². The second kappa shape index (κ2) is 12.7. The molecule has 0 atom stereocenters. The lowest BCUT2D eigenvalue weighted by molar-refractivity contribution is -0.121. The van der Waals surface area contributed by atoms with Gasteiger partial charge in [0.25, 0.3) is 0 Å². The molecule has 0 unspecified atom stereocenters. The van der Waals surface area contributed by atoms with E-state index in [4.69, 9.17) is 11.6 Å². The highest BCUT2D eigenvalue weighted by molar-refractivity contribution is 6.30. The number of para-hydroxylation sites is 1. The van der Waals surface area contributed by atoms with Gasteiger partial charge in [-0.15, -0.1) is 0 Å². The monoisotopic (exact) mass is 480 g/mol. The zero-order chi connectivity index (χ0) is 24.5. The molecule has 1 aliphatic rings. The third-order valence-electron chi connectivity index (χ3n) is 6.40. The van der Waals surface area contributed by atoms with Crippen LogP contribution in [0, 0.1) is 18.8 Å².